The molecule has 124 valence electrons. The Morgan fingerprint density at radius 1 is 1.22 bits per heavy atom. The van der Waals surface area contributed by atoms with Crippen LogP contribution in [-0.2, 0) is 19.1 Å². The van der Waals surface area contributed by atoms with Gasteiger partial charge in [0.1, 0.15) is 11.3 Å². The molecule has 0 atom stereocenters. The van der Waals surface area contributed by atoms with Crippen molar-refractivity contribution in [3.05, 3.63) is 33.8 Å². The zero-order valence-electron chi connectivity index (χ0n) is 13.5. The fourth-order valence-electron chi connectivity index (χ4n) is 1.95. The van der Waals surface area contributed by atoms with Gasteiger partial charge in [-0.25, -0.2) is 9.59 Å². The number of carbonyl (C=O) groups excluding carboxylic acids is 2. The normalized spacial score (nSPS) is 16.9. The number of hydrogen-bond donors (Lipinski definition) is 0. The molecule has 1 aliphatic heterocycles. The van der Waals surface area contributed by atoms with Gasteiger partial charge in [-0.2, -0.15) is 0 Å². The number of benzene rings is 1. The Labute approximate surface area is 143 Å². The average Bonchev–Trinajstić information content (AvgIpc) is 2.40. The van der Waals surface area contributed by atoms with Crippen LogP contribution in [0.3, 0.4) is 0 Å². The Balaban J connectivity index is 2.36. The molecule has 1 aromatic carbocycles. The van der Waals surface area contributed by atoms with Gasteiger partial charge in [0.25, 0.3) is 5.79 Å². The third-order valence-electron chi connectivity index (χ3n) is 2.96. The van der Waals surface area contributed by atoms with E-state index in [1.165, 1.54) is 19.9 Å². The first-order valence-corrected chi connectivity index (χ1v) is 8.08. The third kappa shape index (κ3) is 4.58. The maximum atomic E-state index is 12.0. The van der Waals surface area contributed by atoms with Crippen LogP contribution >= 0.6 is 15.9 Å². The van der Waals surface area contributed by atoms with E-state index in [9.17, 15) is 9.59 Å². The van der Waals surface area contributed by atoms with Crippen LogP contribution in [0.25, 0.3) is 6.08 Å². The van der Waals surface area contributed by atoms with Crippen molar-refractivity contribution in [1.29, 1.82) is 0 Å². The Morgan fingerprint density at radius 3 is 2.39 bits per heavy atom. The summed E-state index contributed by atoms with van der Waals surface area (Å²) < 4.78 is 16.7. The maximum absolute atomic E-state index is 12.0. The first kappa shape index (κ1) is 17.5. The predicted octanol–water partition coefficient (Wildman–Crippen LogP) is 3.70. The SMILES string of the molecule is CC(C)COc1ccc(Br)cc1C=C1C(=O)OC(C)(C)OC1=O. The summed E-state index contributed by atoms with van der Waals surface area (Å²) in [5.74, 6) is -1.73. The average molecular weight is 383 g/mol. The van der Waals surface area contributed by atoms with Crippen LogP contribution in [0, 0.1) is 5.92 Å². The lowest BCUT2D eigenvalue weighted by Crippen LogP contribution is -2.41. The van der Waals surface area contributed by atoms with Crippen molar-refractivity contribution in [2.45, 2.75) is 33.5 Å². The molecule has 0 unspecified atom stereocenters. The van der Waals surface area contributed by atoms with E-state index in [-0.39, 0.29) is 5.57 Å². The molecule has 0 radical (unpaired) electrons. The van der Waals surface area contributed by atoms with E-state index in [0.717, 1.165) is 4.47 Å². The van der Waals surface area contributed by atoms with Crippen LogP contribution in [0.2, 0.25) is 0 Å². The van der Waals surface area contributed by atoms with Crippen LogP contribution in [0.15, 0.2) is 28.2 Å². The van der Waals surface area contributed by atoms with Gasteiger partial charge in [0.2, 0.25) is 0 Å². The minimum atomic E-state index is -1.25. The lowest BCUT2D eigenvalue weighted by Gasteiger charge is -2.29. The number of cyclic esters (lactones) is 2. The summed E-state index contributed by atoms with van der Waals surface area (Å²) >= 11 is 3.37. The number of esters is 2. The molecule has 1 aliphatic rings. The standard InChI is InChI=1S/C17H19BrO5/c1-10(2)9-21-14-6-5-12(18)7-11(14)8-13-15(19)22-17(3,4)23-16(13)20/h5-8,10H,9H2,1-4H3. The van der Waals surface area contributed by atoms with Crippen LogP contribution in [-0.4, -0.2) is 24.3 Å². The zero-order chi connectivity index (χ0) is 17.2. The molecular weight excluding hydrogens is 364 g/mol. The molecule has 1 heterocycles. The fourth-order valence-corrected chi connectivity index (χ4v) is 2.33. The Hall–Kier alpha value is -1.82. The molecule has 0 spiro atoms. The summed E-state index contributed by atoms with van der Waals surface area (Å²) in [6.45, 7) is 7.62. The monoisotopic (exact) mass is 382 g/mol. The second-order valence-corrected chi connectivity index (χ2v) is 7.04. The molecule has 1 fully saturated rings. The van der Waals surface area contributed by atoms with Crippen molar-refractivity contribution in [2.24, 2.45) is 5.92 Å². The van der Waals surface area contributed by atoms with Crippen molar-refractivity contribution in [3.8, 4) is 5.75 Å². The highest BCUT2D eigenvalue weighted by Crippen LogP contribution is 2.29. The summed E-state index contributed by atoms with van der Waals surface area (Å²) in [6.07, 6.45) is 1.43. The van der Waals surface area contributed by atoms with Gasteiger partial charge in [0.15, 0.2) is 0 Å². The van der Waals surface area contributed by atoms with Crippen LogP contribution in [0.5, 0.6) is 5.75 Å². The topological polar surface area (TPSA) is 61.8 Å². The molecule has 23 heavy (non-hydrogen) atoms. The van der Waals surface area contributed by atoms with Crippen LogP contribution < -0.4 is 4.74 Å². The molecule has 0 amide bonds. The van der Waals surface area contributed by atoms with Gasteiger partial charge in [-0.3, -0.25) is 0 Å². The van der Waals surface area contributed by atoms with Gasteiger partial charge in [0, 0.05) is 23.9 Å². The number of ether oxygens (including phenoxy) is 3. The number of carbonyl (C=O) groups is 2. The molecule has 0 bridgehead atoms. The molecule has 2 rings (SSSR count). The summed E-state index contributed by atoms with van der Waals surface area (Å²) in [7, 11) is 0. The Bertz CT molecular complexity index is 639. The van der Waals surface area contributed by atoms with Crippen LogP contribution in [0.4, 0.5) is 0 Å². The molecular formula is C17H19BrO5. The van der Waals surface area contributed by atoms with Crippen molar-refractivity contribution in [3.63, 3.8) is 0 Å². The minimum Gasteiger partial charge on any atom is -0.493 e. The summed E-state index contributed by atoms with van der Waals surface area (Å²) in [4.78, 5) is 24.1. The minimum absolute atomic E-state index is 0.156. The van der Waals surface area contributed by atoms with E-state index in [4.69, 9.17) is 14.2 Å². The predicted molar refractivity (Wildman–Crippen MR) is 88.7 cm³/mol. The first-order chi connectivity index (χ1) is 10.7. The van der Waals surface area contributed by atoms with E-state index in [2.05, 4.69) is 15.9 Å². The molecule has 1 aromatic rings. The maximum Gasteiger partial charge on any atom is 0.348 e. The largest absolute Gasteiger partial charge is 0.493 e. The van der Waals surface area contributed by atoms with Crippen LogP contribution in [0.1, 0.15) is 33.3 Å². The molecule has 1 saturated heterocycles. The Morgan fingerprint density at radius 2 is 1.83 bits per heavy atom. The highest BCUT2D eigenvalue weighted by Gasteiger charge is 2.39. The summed E-state index contributed by atoms with van der Waals surface area (Å²) in [5.41, 5.74) is 0.445. The highest BCUT2D eigenvalue weighted by atomic mass is 79.9. The molecule has 0 N–H and O–H groups in total. The third-order valence-corrected chi connectivity index (χ3v) is 3.45. The van der Waals surface area contributed by atoms with E-state index in [1.807, 2.05) is 19.9 Å². The van der Waals surface area contributed by atoms with E-state index >= 15 is 0 Å². The van der Waals surface area contributed by atoms with Gasteiger partial charge >= 0.3 is 11.9 Å². The van der Waals surface area contributed by atoms with Gasteiger partial charge in [-0.1, -0.05) is 29.8 Å². The zero-order valence-corrected chi connectivity index (χ0v) is 15.1. The van der Waals surface area contributed by atoms with Crippen molar-refractivity contribution in [2.75, 3.05) is 6.61 Å². The smallest absolute Gasteiger partial charge is 0.348 e. The fraction of sp³-hybridized carbons (Fsp3) is 0.412. The molecule has 0 aromatic heterocycles. The second-order valence-electron chi connectivity index (χ2n) is 6.12. The van der Waals surface area contributed by atoms with Gasteiger partial charge < -0.3 is 14.2 Å². The quantitative estimate of drug-likeness (QED) is 0.451. The van der Waals surface area contributed by atoms with Gasteiger partial charge in [-0.05, 0) is 30.2 Å². The molecule has 5 nitrogen and oxygen atoms in total. The van der Waals surface area contributed by atoms with Crippen molar-refractivity contribution >= 4 is 33.9 Å². The van der Waals surface area contributed by atoms with Gasteiger partial charge in [0.05, 0.1) is 6.61 Å². The molecule has 6 heteroatoms. The summed E-state index contributed by atoms with van der Waals surface area (Å²) in [5, 5.41) is 0. The number of halogens is 1. The lowest BCUT2D eigenvalue weighted by molar-refractivity contribution is -0.222. The number of rotatable bonds is 4. The van der Waals surface area contributed by atoms with Crippen molar-refractivity contribution < 1.29 is 23.8 Å². The number of hydrogen-bond acceptors (Lipinski definition) is 5. The van der Waals surface area contributed by atoms with E-state index in [0.29, 0.717) is 23.8 Å². The highest BCUT2D eigenvalue weighted by molar-refractivity contribution is 9.10. The summed E-state index contributed by atoms with van der Waals surface area (Å²) in [6, 6.07) is 5.38. The van der Waals surface area contributed by atoms with E-state index in [1.54, 1.807) is 12.1 Å². The Kier molecular flexibility index (Phi) is 5.14. The van der Waals surface area contributed by atoms with Crippen molar-refractivity contribution in [1.82, 2.24) is 0 Å². The first-order valence-electron chi connectivity index (χ1n) is 7.28. The second kappa shape index (κ2) is 6.74. The molecule has 0 aliphatic carbocycles. The molecule has 0 saturated carbocycles. The lowest BCUT2D eigenvalue weighted by atomic mass is 10.1. The van der Waals surface area contributed by atoms with E-state index < -0.39 is 17.7 Å². The van der Waals surface area contributed by atoms with Gasteiger partial charge in [-0.15, -0.1) is 0 Å².